The Balaban J connectivity index is 2.18. The summed E-state index contributed by atoms with van der Waals surface area (Å²) in [7, 11) is 0. The molecule has 2 rings (SSSR count). The molecule has 4 heteroatoms. The molecular weight excluding hydrogens is 242 g/mol. The Morgan fingerprint density at radius 2 is 2.05 bits per heavy atom. The normalized spacial score (nSPS) is 15.0. The van der Waals surface area contributed by atoms with Gasteiger partial charge < -0.3 is 10.4 Å². The Morgan fingerprint density at radius 3 is 2.74 bits per heavy atom. The molecule has 2 N–H and O–H groups in total. The molecule has 102 valence electrons. The zero-order valence-corrected chi connectivity index (χ0v) is 11.1. The highest BCUT2D eigenvalue weighted by molar-refractivity contribution is 6.02. The van der Waals surface area contributed by atoms with Crippen molar-refractivity contribution in [2.45, 2.75) is 38.6 Å². The Morgan fingerprint density at radius 1 is 1.32 bits per heavy atom. The van der Waals surface area contributed by atoms with E-state index in [1.165, 1.54) is 11.1 Å². The molecule has 0 saturated heterocycles. The van der Waals surface area contributed by atoms with Crippen molar-refractivity contribution in [1.82, 2.24) is 5.32 Å². The van der Waals surface area contributed by atoms with E-state index in [9.17, 15) is 9.59 Å². The van der Waals surface area contributed by atoms with Gasteiger partial charge in [0.15, 0.2) is 5.78 Å². The van der Waals surface area contributed by atoms with Gasteiger partial charge in [0.2, 0.25) is 0 Å². The first kappa shape index (κ1) is 13.7. The van der Waals surface area contributed by atoms with Gasteiger partial charge in [-0.25, -0.2) is 0 Å². The summed E-state index contributed by atoms with van der Waals surface area (Å²) in [5.41, 5.74) is 3.17. The monoisotopic (exact) mass is 261 g/mol. The lowest BCUT2D eigenvalue weighted by molar-refractivity contribution is -0.137. The summed E-state index contributed by atoms with van der Waals surface area (Å²) in [6, 6.07) is 5.11. The molecule has 1 aromatic rings. The van der Waals surface area contributed by atoms with Crippen molar-refractivity contribution in [3.63, 3.8) is 0 Å². The molecule has 1 unspecified atom stereocenters. The van der Waals surface area contributed by atoms with Crippen molar-refractivity contribution in [3.05, 3.63) is 34.9 Å². The average molecular weight is 261 g/mol. The number of rotatable bonds is 6. The van der Waals surface area contributed by atoms with Crippen molar-refractivity contribution in [2.75, 3.05) is 6.54 Å². The zero-order valence-electron chi connectivity index (χ0n) is 11.1. The maximum atomic E-state index is 12.3. The van der Waals surface area contributed by atoms with E-state index in [-0.39, 0.29) is 12.2 Å². The van der Waals surface area contributed by atoms with Crippen LogP contribution < -0.4 is 5.32 Å². The van der Waals surface area contributed by atoms with Gasteiger partial charge in [0.25, 0.3) is 0 Å². The predicted molar refractivity (Wildman–Crippen MR) is 72.5 cm³/mol. The second-order valence-corrected chi connectivity index (χ2v) is 4.91. The number of ketones is 1. The van der Waals surface area contributed by atoms with E-state index in [0.29, 0.717) is 12.1 Å². The molecule has 0 heterocycles. The van der Waals surface area contributed by atoms with Crippen LogP contribution in [0.25, 0.3) is 0 Å². The number of hydrogen-bond donors (Lipinski definition) is 2. The Kier molecular flexibility index (Phi) is 4.32. The first-order chi connectivity index (χ1) is 9.11. The second kappa shape index (κ2) is 5.97. The molecule has 0 fully saturated rings. The summed E-state index contributed by atoms with van der Waals surface area (Å²) >= 11 is 0. The van der Waals surface area contributed by atoms with Gasteiger partial charge in [-0.1, -0.05) is 19.1 Å². The van der Waals surface area contributed by atoms with Gasteiger partial charge in [-0.15, -0.1) is 0 Å². The molecule has 1 aliphatic rings. The summed E-state index contributed by atoms with van der Waals surface area (Å²) in [6.07, 6.45) is 3.05. The van der Waals surface area contributed by atoms with Crippen LogP contribution in [0.1, 0.15) is 41.3 Å². The molecule has 0 radical (unpaired) electrons. The van der Waals surface area contributed by atoms with Crippen molar-refractivity contribution in [3.8, 4) is 0 Å². The highest BCUT2D eigenvalue weighted by atomic mass is 16.4. The molecular formula is C15H19NO3. The lowest BCUT2D eigenvalue weighted by Gasteiger charge is -2.15. The van der Waals surface area contributed by atoms with E-state index in [2.05, 4.69) is 5.32 Å². The molecule has 0 aromatic heterocycles. The molecule has 1 atom stereocenters. The number of carboxylic acid groups (broad SMARTS) is 1. The van der Waals surface area contributed by atoms with Crippen LogP contribution in [0.3, 0.4) is 0 Å². The molecule has 0 bridgehead atoms. The number of fused-ring (bicyclic) bond motifs is 1. The third kappa shape index (κ3) is 3.20. The van der Waals surface area contributed by atoms with E-state index in [1.807, 2.05) is 25.1 Å². The van der Waals surface area contributed by atoms with Crippen LogP contribution >= 0.6 is 0 Å². The van der Waals surface area contributed by atoms with Gasteiger partial charge in [-0.05, 0) is 43.0 Å². The van der Waals surface area contributed by atoms with Crippen LogP contribution in [0.4, 0.5) is 0 Å². The number of benzene rings is 1. The zero-order chi connectivity index (χ0) is 13.8. The fraction of sp³-hybridized carbons (Fsp3) is 0.467. The number of carbonyl (C=O) groups is 2. The van der Waals surface area contributed by atoms with Crippen molar-refractivity contribution >= 4 is 11.8 Å². The molecule has 19 heavy (non-hydrogen) atoms. The number of hydrogen-bond acceptors (Lipinski definition) is 3. The summed E-state index contributed by atoms with van der Waals surface area (Å²) in [5, 5.41) is 11.8. The molecule has 0 amide bonds. The van der Waals surface area contributed by atoms with Crippen molar-refractivity contribution in [2.24, 2.45) is 0 Å². The average Bonchev–Trinajstić information content (AvgIpc) is 2.84. The minimum atomic E-state index is -0.958. The van der Waals surface area contributed by atoms with Crippen molar-refractivity contribution < 1.29 is 14.7 Å². The highest BCUT2D eigenvalue weighted by Gasteiger charge is 2.23. The molecule has 1 aromatic carbocycles. The Hall–Kier alpha value is -1.68. The van der Waals surface area contributed by atoms with Gasteiger partial charge in [-0.3, -0.25) is 9.59 Å². The molecule has 0 aliphatic heterocycles. The SMILES string of the molecule is CCNC(CC(=O)O)C(=O)c1ccc2c(c1)CCC2. The van der Waals surface area contributed by atoms with Gasteiger partial charge in [0.1, 0.15) is 0 Å². The van der Waals surface area contributed by atoms with Gasteiger partial charge in [-0.2, -0.15) is 0 Å². The highest BCUT2D eigenvalue weighted by Crippen LogP contribution is 2.23. The molecule has 4 nitrogen and oxygen atoms in total. The number of aliphatic carboxylic acids is 1. The fourth-order valence-electron chi connectivity index (χ4n) is 2.60. The van der Waals surface area contributed by atoms with Crippen LogP contribution in [-0.2, 0) is 17.6 Å². The number of likely N-dealkylation sites (N-methyl/N-ethyl adjacent to an activating group) is 1. The second-order valence-electron chi connectivity index (χ2n) is 4.91. The number of carboxylic acids is 1. The third-order valence-corrected chi connectivity index (χ3v) is 3.53. The lowest BCUT2D eigenvalue weighted by atomic mass is 9.98. The summed E-state index contributed by atoms with van der Waals surface area (Å²) in [5.74, 6) is -1.08. The standard InChI is InChI=1S/C15H19NO3/c1-2-16-13(9-14(17)18)15(19)12-7-6-10-4-3-5-11(10)8-12/h6-8,13,16H,2-5,9H2,1H3,(H,17,18). The van der Waals surface area contributed by atoms with E-state index in [1.54, 1.807) is 0 Å². The number of Topliss-reactive ketones (excluding diaryl/α,β-unsaturated/α-hetero) is 1. The van der Waals surface area contributed by atoms with Crippen LogP contribution in [0.15, 0.2) is 18.2 Å². The first-order valence-corrected chi connectivity index (χ1v) is 6.73. The predicted octanol–water partition coefficient (Wildman–Crippen LogP) is 1.81. The van der Waals surface area contributed by atoms with E-state index >= 15 is 0 Å². The summed E-state index contributed by atoms with van der Waals surface area (Å²) < 4.78 is 0. The number of aryl methyl sites for hydroxylation is 2. The maximum Gasteiger partial charge on any atom is 0.305 e. The van der Waals surface area contributed by atoms with E-state index in [4.69, 9.17) is 5.11 Å². The van der Waals surface area contributed by atoms with E-state index < -0.39 is 12.0 Å². The summed E-state index contributed by atoms with van der Waals surface area (Å²) in [6.45, 7) is 2.44. The van der Waals surface area contributed by atoms with Crippen LogP contribution in [0.2, 0.25) is 0 Å². The Labute approximate surface area is 112 Å². The van der Waals surface area contributed by atoms with Gasteiger partial charge in [0, 0.05) is 5.56 Å². The van der Waals surface area contributed by atoms with Crippen LogP contribution in [0.5, 0.6) is 0 Å². The Bertz CT molecular complexity index is 496. The lowest BCUT2D eigenvalue weighted by Crippen LogP contribution is -2.38. The van der Waals surface area contributed by atoms with Crippen LogP contribution in [0, 0.1) is 0 Å². The van der Waals surface area contributed by atoms with E-state index in [0.717, 1.165) is 19.3 Å². The fourth-order valence-corrected chi connectivity index (χ4v) is 2.60. The quantitative estimate of drug-likeness (QED) is 0.766. The first-order valence-electron chi connectivity index (χ1n) is 6.73. The van der Waals surface area contributed by atoms with Crippen LogP contribution in [-0.4, -0.2) is 29.4 Å². The topological polar surface area (TPSA) is 66.4 Å². The third-order valence-electron chi connectivity index (χ3n) is 3.53. The minimum Gasteiger partial charge on any atom is -0.481 e. The molecule has 0 saturated carbocycles. The van der Waals surface area contributed by atoms with Gasteiger partial charge >= 0.3 is 5.97 Å². The van der Waals surface area contributed by atoms with Crippen molar-refractivity contribution in [1.29, 1.82) is 0 Å². The summed E-state index contributed by atoms with van der Waals surface area (Å²) in [4.78, 5) is 23.2. The minimum absolute atomic E-state index is 0.126. The number of nitrogens with one attached hydrogen (secondary N) is 1. The molecule has 1 aliphatic carbocycles. The molecule has 0 spiro atoms. The van der Waals surface area contributed by atoms with Gasteiger partial charge in [0.05, 0.1) is 12.5 Å². The smallest absolute Gasteiger partial charge is 0.305 e. The number of carbonyl (C=O) groups excluding carboxylic acids is 1. The largest absolute Gasteiger partial charge is 0.481 e. The maximum absolute atomic E-state index is 12.3.